The molecule has 2 aromatic carbocycles. The molecule has 3 atom stereocenters. The lowest BCUT2D eigenvalue weighted by atomic mass is 9.92. The number of carbonyl (C=O) groups excluding carboxylic acids is 1. The molecule has 6 nitrogen and oxygen atoms in total. The molecule has 0 aromatic heterocycles. The Morgan fingerprint density at radius 1 is 1.07 bits per heavy atom. The molecule has 1 aliphatic carbocycles. The molecular formula is C34H47Cl2F3N2O4. The summed E-state index contributed by atoms with van der Waals surface area (Å²) in [4.78, 5) is 24.9. The predicted molar refractivity (Wildman–Crippen MR) is 175 cm³/mol. The van der Waals surface area contributed by atoms with Crippen LogP contribution in [0.15, 0.2) is 30.3 Å². The number of ether oxygens (including phenoxy) is 1. The zero-order valence-electron chi connectivity index (χ0n) is 27.1. The van der Waals surface area contributed by atoms with Gasteiger partial charge in [0.05, 0.1) is 12.1 Å². The summed E-state index contributed by atoms with van der Waals surface area (Å²) in [5, 5.41) is 8.02. The van der Waals surface area contributed by atoms with Crippen molar-refractivity contribution in [3.63, 3.8) is 0 Å². The first-order chi connectivity index (χ1) is 21.4. The van der Waals surface area contributed by atoms with E-state index in [4.69, 9.17) is 37.8 Å². The van der Waals surface area contributed by atoms with Gasteiger partial charge in [0.1, 0.15) is 30.0 Å². The van der Waals surface area contributed by atoms with Crippen molar-refractivity contribution >= 4 is 35.6 Å². The summed E-state index contributed by atoms with van der Waals surface area (Å²) >= 11 is 12.3. The lowest BCUT2D eigenvalue weighted by molar-refractivity contribution is -0.122. The molecule has 0 bridgehead atoms. The van der Waals surface area contributed by atoms with E-state index < -0.39 is 23.6 Å². The molecule has 11 heteroatoms. The first-order valence-electron chi connectivity index (χ1n) is 15.8. The first-order valence-corrected chi connectivity index (χ1v) is 16.6. The monoisotopic (exact) mass is 674 g/mol. The Bertz CT molecular complexity index is 1230. The Balaban J connectivity index is 0.000000934. The van der Waals surface area contributed by atoms with Gasteiger partial charge in [-0.2, -0.15) is 0 Å². The lowest BCUT2D eigenvalue weighted by Crippen LogP contribution is -2.45. The van der Waals surface area contributed by atoms with Crippen molar-refractivity contribution in [1.82, 2.24) is 9.80 Å². The maximum Gasteiger partial charge on any atom is 0.290 e. The van der Waals surface area contributed by atoms with E-state index in [1.807, 2.05) is 46.8 Å². The van der Waals surface area contributed by atoms with Gasteiger partial charge < -0.3 is 14.7 Å². The van der Waals surface area contributed by atoms with Gasteiger partial charge in [-0.3, -0.25) is 14.5 Å². The van der Waals surface area contributed by atoms with Crippen molar-refractivity contribution in [2.24, 2.45) is 5.92 Å². The van der Waals surface area contributed by atoms with Crippen LogP contribution in [0, 0.1) is 11.7 Å². The number of amides is 1. The maximum atomic E-state index is 15.8. The normalized spacial score (nSPS) is 21.2. The van der Waals surface area contributed by atoms with Crippen molar-refractivity contribution < 1.29 is 32.6 Å². The predicted octanol–water partition coefficient (Wildman–Crippen LogP) is 9.14. The van der Waals surface area contributed by atoms with Gasteiger partial charge in [0.25, 0.3) is 12.4 Å². The molecular weight excluding hydrogens is 628 g/mol. The van der Waals surface area contributed by atoms with Crippen LogP contribution < -0.4 is 4.74 Å². The minimum atomic E-state index is -1.55. The number of benzene rings is 2. The van der Waals surface area contributed by atoms with Gasteiger partial charge in [-0.1, -0.05) is 57.8 Å². The van der Waals surface area contributed by atoms with Crippen LogP contribution in [-0.4, -0.2) is 71.9 Å². The molecule has 252 valence electrons. The second-order valence-corrected chi connectivity index (χ2v) is 12.2. The van der Waals surface area contributed by atoms with Crippen LogP contribution in [0.25, 0.3) is 0 Å². The molecule has 3 unspecified atom stereocenters. The maximum absolute atomic E-state index is 15.8. The summed E-state index contributed by atoms with van der Waals surface area (Å²) in [5.74, 6) is -1.05. The van der Waals surface area contributed by atoms with Gasteiger partial charge in [-0.05, 0) is 73.9 Å². The number of halogens is 5. The smallest absolute Gasteiger partial charge is 0.290 e. The Kier molecular flexibility index (Phi) is 15.5. The largest absolute Gasteiger partial charge is 0.490 e. The molecule has 1 N–H and O–H groups in total. The van der Waals surface area contributed by atoms with Crippen LogP contribution in [0.3, 0.4) is 0 Å². The highest BCUT2D eigenvalue weighted by Gasteiger charge is 2.39. The van der Waals surface area contributed by atoms with E-state index in [1.165, 1.54) is 17.0 Å². The summed E-state index contributed by atoms with van der Waals surface area (Å²) in [6.45, 7) is 12.7. The van der Waals surface area contributed by atoms with Crippen molar-refractivity contribution in [3.8, 4) is 5.75 Å². The zero-order chi connectivity index (χ0) is 33.9. The second kappa shape index (κ2) is 18.0. The zero-order valence-corrected chi connectivity index (χ0v) is 28.6. The van der Waals surface area contributed by atoms with E-state index in [2.05, 4.69) is 4.90 Å². The van der Waals surface area contributed by atoms with Gasteiger partial charge in [-0.15, -0.1) is 0 Å². The molecule has 2 aromatic rings. The van der Waals surface area contributed by atoms with Crippen LogP contribution in [0.2, 0.25) is 10.0 Å². The molecule has 0 radical (unpaired) electrons. The third kappa shape index (κ3) is 10.5. The average Bonchev–Trinajstić information content (AvgIpc) is 3.81. The second-order valence-electron chi connectivity index (χ2n) is 11.3. The quantitative estimate of drug-likeness (QED) is 0.297. The highest BCUT2D eigenvalue weighted by molar-refractivity contribution is 6.34. The van der Waals surface area contributed by atoms with Crippen LogP contribution in [-0.2, 0) is 4.79 Å². The lowest BCUT2D eigenvalue weighted by Gasteiger charge is -2.39. The number of alkyl halides is 2. The van der Waals surface area contributed by atoms with Gasteiger partial charge in [-0.25, -0.2) is 13.2 Å². The number of hydrogen-bond donors (Lipinski definition) is 1. The number of carbonyl (C=O) groups is 2. The molecule has 45 heavy (non-hydrogen) atoms. The fourth-order valence-electron chi connectivity index (χ4n) is 5.53. The van der Waals surface area contributed by atoms with E-state index in [1.54, 1.807) is 13.0 Å². The highest BCUT2D eigenvalue weighted by Crippen LogP contribution is 2.46. The molecule has 1 saturated carbocycles. The number of rotatable bonds is 7. The fourth-order valence-corrected chi connectivity index (χ4v) is 6.07. The van der Waals surface area contributed by atoms with Crippen molar-refractivity contribution in [1.29, 1.82) is 0 Å². The van der Waals surface area contributed by atoms with Gasteiger partial charge in [0, 0.05) is 47.7 Å². The van der Waals surface area contributed by atoms with E-state index in [-0.39, 0.29) is 62.5 Å². The Morgan fingerprint density at radius 3 is 2.11 bits per heavy atom. The summed E-state index contributed by atoms with van der Waals surface area (Å²) in [7, 11) is 0. The molecule has 2 aliphatic heterocycles. The first kappa shape index (κ1) is 38.7. The van der Waals surface area contributed by atoms with Crippen molar-refractivity contribution in [3.05, 3.63) is 62.9 Å². The van der Waals surface area contributed by atoms with Gasteiger partial charge in [0.15, 0.2) is 0 Å². The number of nitrogens with zero attached hydrogens (tertiary/aromatic N) is 2. The molecule has 3 aliphatic rings. The van der Waals surface area contributed by atoms with Gasteiger partial charge >= 0.3 is 0 Å². The third-order valence-corrected chi connectivity index (χ3v) is 8.69. The topological polar surface area (TPSA) is 70.1 Å². The molecule has 3 fully saturated rings. The molecule has 0 spiro atoms. The van der Waals surface area contributed by atoms with Crippen LogP contribution in [0.1, 0.15) is 101 Å². The third-order valence-electron chi connectivity index (χ3n) is 8.25. The van der Waals surface area contributed by atoms with Gasteiger partial charge in [0.2, 0.25) is 0 Å². The van der Waals surface area contributed by atoms with E-state index in [9.17, 15) is 9.18 Å². The van der Waals surface area contributed by atoms with Crippen molar-refractivity contribution in [2.75, 3.05) is 32.8 Å². The van der Waals surface area contributed by atoms with E-state index >= 15 is 8.78 Å². The van der Waals surface area contributed by atoms with E-state index in [0.717, 1.165) is 24.0 Å². The van der Waals surface area contributed by atoms with E-state index in [0.29, 0.717) is 28.9 Å². The molecule has 5 rings (SSSR count). The summed E-state index contributed by atoms with van der Waals surface area (Å²) in [6.07, 6.45) is 1.27. The van der Waals surface area contributed by atoms with Crippen LogP contribution in [0.4, 0.5) is 13.2 Å². The molecule has 2 saturated heterocycles. The number of piperidine rings is 1. The van der Waals surface area contributed by atoms with Crippen molar-refractivity contribution in [2.45, 2.75) is 91.0 Å². The summed E-state index contributed by atoms with van der Waals surface area (Å²) < 4.78 is 50.7. The Morgan fingerprint density at radius 2 is 1.62 bits per heavy atom. The fraction of sp³-hybridized carbons (Fsp3) is 0.588. The molecule has 2 heterocycles. The standard InChI is InChI=1S/C29H33Cl2F3N2O2.2C2H6.CH2O2/c1-17-14-36(15-26(17)33)28(37)24-12-23(19-3-4-19)27(13-25(24)32)38-16-29(34)5-7-35(8-6-29)18(2)20-9-21(30)11-22(31)10-20;2*1-2;2-1-3/h9-13,17-19,26H,3-8,14-16H2,1-2H3;2*1-2H3;1H,(H,2,3). The van der Waals surface area contributed by atoms with Crippen LogP contribution in [0.5, 0.6) is 5.75 Å². The number of carboxylic acid groups (broad SMARTS) is 1. The number of likely N-dealkylation sites (tertiary alicyclic amines) is 2. The highest BCUT2D eigenvalue weighted by atomic mass is 35.5. The SMILES string of the molecule is CC.CC.CC1CN(C(=O)c2cc(C3CC3)c(OCC3(F)CCN(C(C)c4cc(Cl)cc(Cl)c4)CC3)cc2F)CC1F.O=CO. The summed E-state index contributed by atoms with van der Waals surface area (Å²) in [5.41, 5.74) is 0.0930. The molecule has 1 amide bonds. The minimum Gasteiger partial charge on any atom is -0.490 e. The van der Waals surface area contributed by atoms with Crippen LogP contribution >= 0.6 is 23.2 Å². The average molecular weight is 676 g/mol. The Hall–Kier alpha value is -2.49. The Labute approximate surface area is 275 Å². The summed E-state index contributed by atoms with van der Waals surface area (Å²) in [6, 6.07) is 8.21. The number of hydrogen-bond acceptors (Lipinski definition) is 4. The minimum absolute atomic E-state index is 0.0270.